The lowest BCUT2D eigenvalue weighted by Gasteiger charge is -2.25. The Labute approximate surface area is 105 Å². The summed E-state index contributed by atoms with van der Waals surface area (Å²) in [5, 5.41) is 0. The Kier molecular flexibility index (Phi) is 4.58. The Morgan fingerprint density at radius 2 is 1.88 bits per heavy atom. The van der Waals surface area contributed by atoms with E-state index in [1.807, 2.05) is 0 Å². The molecule has 1 rings (SSSR count). The molecule has 0 unspecified atom stereocenters. The molecule has 2 heteroatoms. The zero-order valence-electron chi connectivity index (χ0n) is 11.8. The minimum atomic E-state index is 0.0971. The van der Waals surface area contributed by atoms with E-state index in [1.54, 1.807) is 7.11 Å². The predicted molar refractivity (Wildman–Crippen MR) is 73.8 cm³/mol. The van der Waals surface area contributed by atoms with E-state index in [4.69, 9.17) is 10.5 Å². The standard InChI is InChI=1S/C15H25NO/c1-6-11-9-12(7-8-16)14(17-5)13(10-11)15(2,3)4/h9-10H,6-8,16H2,1-5H3. The number of methoxy groups -OCH3 is 1. The van der Waals surface area contributed by atoms with Gasteiger partial charge in [0.25, 0.3) is 0 Å². The molecule has 0 aliphatic carbocycles. The molecule has 1 aromatic carbocycles. The molecule has 0 saturated heterocycles. The van der Waals surface area contributed by atoms with Crippen molar-refractivity contribution < 1.29 is 4.74 Å². The average molecular weight is 235 g/mol. The number of nitrogens with two attached hydrogens (primary N) is 1. The van der Waals surface area contributed by atoms with Crippen LogP contribution < -0.4 is 10.5 Å². The van der Waals surface area contributed by atoms with E-state index in [9.17, 15) is 0 Å². The molecule has 0 heterocycles. The Balaban J connectivity index is 3.39. The molecule has 17 heavy (non-hydrogen) atoms. The maximum absolute atomic E-state index is 5.68. The number of aryl methyl sites for hydroxylation is 1. The summed E-state index contributed by atoms with van der Waals surface area (Å²) in [5.74, 6) is 1.01. The van der Waals surface area contributed by atoms with Crippen LogP contribution in [0.5, 0.6) is 5.75 Å². The fourth-order valence-corrected chi connectivity index (χ4v) is 2.10. The van der Waals surface area contributed by atoms with E-state index in [1.165, 1.54) is 16.7 Å². The zero-order valence-corrected chi connectivity index (χ0v) is 11.8. The third kappa shape index (κ3) is 3.22. The van der Waals surface area contributed by atoms with Crippen molar-refractivity contribution in [1.29, 1.82) is 0 Å². The molecule has 96 valence electrons. The first-order chi connectivity index (χ1) is 7.93. The summed E-state index contributed by atoms with van der Waals surface area (Å²) in [7, 11) is 1.75. The first-order valence-electron chi connectivity index (χ1n) is 6.34. The first kappa shape index (κ1) is 14.0. The maximum Gasteiger partial charge on any atom is 0.125 e. The Morgan fingerprint density at radius 1 is 1.24 bits per heavy atom. The molecular weight excluding hydrogens is 210 g/mol. The fourth-order valence-electron chi connectivity index (χ4n) is 2.10. The third-order valence-corrected chi connectivity index (χ3v) is 3.06. The summed E-state index contributed by atoms with van der Waals surface area (Å²) in [6, 6.07) is 4.49. The summed E-state index contributed by atoms with van der Waals surface area (Å²) in [6.07, 6.45) is 1.92. The van der Waals surface area contributed by atoms with Crippen molar-refractivity contribution in [2.75, 3.05) is 13.7 Å². The van der Waals surface area contributed by atoms with E-state index in [0.29, 0.717) is 6.54 Å². The Morgan fingerprint density at radius 3 is 2.29 bits per heavy atom. The van der Waals surface area contributed by atoms with Crippen LogP contribution in [-0.2, 0) is 18.3 Å². The molecule has 0 amide bonds. The third-order valence-electron chi connectivity index (χ3n) is 3.06. The van der Waals surface area contributed by atoms with Gasteiger partial charge >= 0.3 is 0 Å². The summed E-state index contributed by atoms with van der Waals surface area (Å²) in [4.78, 5) is 0. The van der Waals surface area contributed by atoms with Crippen molar-refractivity contribution in [3.8, 4) is 5.75 Å². The van der Waals surface area contributed by atoms with E-state index in [-0.39, 0.29) is 5.41 Å². The van der Waals surface area contributed by atoms with E-state index in [0.717, 1.165) is 18.6 Å². The van der Waals surface area contributed by atoms with Crippen LogP contribution >= 0.6 is 0 Å². The van der Waals surface area contributed by atoms with Gasteiger partial charge in [-0.1, -0.05) is 39.8 Å². The Hall–Kier alpha value is -1.02. The molecule has 0 saturated carbocycles. The van der Waals surface area contributed by atoms with Gasteiger partial charge < -0.3 is 10.5 Å². The summed E-state index contributed by atoms with van der Waals surface area (Å²) in [6.45, 7) is 9.50. The van der Waals surface area contributed by atoms with E-state index in [2.05, 4.69) is 39.8 Å². The average Bonchev–Trinajstić information content (AvgIpc) is 2.27. The second-order valence-corrected chi connectivity index (χ2v) is 5.48. The predicted octanol–water partition coefficient (Wildman–Crippen LogP) is 3.06. The molecule has 0 fully saturated rings. The van der Waals surface area contributed by atoms with Gasteiger partial charge in [-0.2, -0.15) is 0 Å². The number of rotatable bonds is 4. The van der Waals surface area contributed by atoms with Gasteiger partial charge in [0.1, 0.15) is 5.75 Å². The van der Waals surface area contributed by atoms with Crippen molar-refractivity contribution >= 4 is 0 Å². The van der Waals surface area contributed by atoms with Gasteiger partial charge in [0.15, 0.2) is 0 Å². The molecule has 0 aliphatic heterocycles. The molecule has 0 spiro atoms. The monoisotopic (exact) mass is 235 g/mol. The maximum atomic E-state index is 5.68. The number of hydrogen-bond donors (Lipinski definition) is 1. The fraction of sp³-hybridized carbons (Fsp3) is 0.600. The molecule has 2 N–H and O–H groups in total. The molecule has 2 nitrogen and oxygen atoms in total. The van der Waals surface area contributed by atoms with Gasteiger partial charge in [0.05, 0.1) is 7.11 Å². The van der Waals surface area contributed by atoms with Crippen molar-refractivity contribution in [3.63, 3.8) is 0 Å². The van der Waals surface area contributed by atoms with Crippen LogP contribution in [0.15, 0.2) is 12.1 Å². The minimum absolute atomic E-state index is 0.0971. The van der Waals surface area contributed by atoms with Gasteiger partial charge in [-0.25, -0.2) is 0 Å². The molecular formula is C15H25NO. The number of benzene rings is 1. The molecule has 0 bridgehead atoms. The van der Waals surface area contributed by atoms with Crippen molar-refractivity contribution in [1.82, 2.24) is 0 Å². The Bertz CT molecular complexity index is 377. The molecule has 0 radical (unpaired) electrons. The van der Waals surface area contributed by atoms with Crippen molar-refractivity contribution in [2.45, 2.75) is 46.0 Å². The molecule has 0 atom stereocenters. The van der Waals surface area contributed by atoms with Gasteiger partial charge in [0.2, 0.25) is 0 Å². The largest absolute Gasteiger partial charge is 0.496 e. The highest BCUT2D eigenvalue weighted by Gasteiger charge is 2.21. The lowest BCUT2D eigenvalue weighted by Crippen LogP contribution is -2.16. The van der Waals surface area contributed by atoms with Crippen LogP contribution in [0.4, 0.5) is 0 Å². The highest BCUT2D eigenvalue weighted by atomic mass is 16.5. The summed E-state index contributed by atoms with van der Waals surface area (Å²) < 4.78 is 5.60. The lowest BCUT2D eigenvalue weighted by molar-refractivity contribution is 0.392. The van der Waals surface area contributed by atoms with Gasteiger partial charge in [-0.15, -0.1) is 0 Å². The van der Waals surface area contributed by atoms with Crippen molar-refractivity contribution in [2.24, 2.45) is 5.73 Å². The highest BCUT2D eigenvalue weighted by molar-refractivity contribution is 5.48. The SMILES string of the molecule is CCc1cc(CCN)c(OC)c(C(C)(C)C)c1. The number of ether oxygens (including phenoxy) is 1. The summed E-state index contributed by atoms with van der Waals surface area (Å²) in [5.41, 5.74) is 9.65. The second-order valence-electron chi connectivity index (χ2n) is 5.48. The van der Waals surface area contributed by atoms with Crippen LogP contribution in [0.25, 0.3) is 0 Å². The first-order valence-corrected chi connectivity index (χ1v) is 6.34. The van der Waals surface area contributed by atoms with Gasteiger partial charge in [-0.05, 0) is 35.9 Å². The highest BCUT2D eigenvalue weighted by Crippen LogP contribution is 2.35. The molecule has 1 aromatic rings. The van der Waals surface area contributed by atoms with Gasteiger partial charge in [0, 0.05) is 5.56 Å². The van der Waals surface area contributed by atoms with Crippen LogP contribution in [-0.4, -0.2) is 13.7 Å². The minimum Gasteiger partial charge on any atom is -0.496 e. The van der Waals surface area contributed by atoms with Crippen LogP contribution in [0.2, 0.25) is 0 Å². The molecule has 0 aliphatic rings. The van der Waals surface area contributed by atoms with Crippen LogP contribution in [0, 0.1) is 0 Å². The second kappa shape index (κ2) is 5.54. The zero-order chi connectivity index (χ0) is 13.1. The van der Waals surface area contributed by atoms with E-state index < -0.39 is 0 Å². The van der Waals surface area contributed by atoms with E-state index >= 15 is 0 Å². The lowest BCUT2D eigenvalue weighted by atomic mass is 9.83. The molecule has 0 aromatic heterocycles. The topological polar surface area (TPSA) is 35.2 Å². The van der Waals surface area contributed by atoms with Gasteiger partial charge in [-0.3, -0.25) is 0 Å². The summed E-state index contributed by atoms with van der Waals surface area (Å²) >= 11 is 0. The van der Waals surface area contributed by atoms with Crippen LogP contribution in [0.1, 0.15) is 44.4 Å². The smallest absolute Gasteiger partial charge is 0.125 e. The van der Waals surface area contributed by atoms with Crippen LogP contribution in [0.3, 0.4) is 0 Å². The quantitative estimate of drug-likeness (QED) is 0.870. The van der Waals surface area contributed by atoms with Crippen molar-refractivity contribution in [3.05, 3.63) is 28.8 Å². The normalized spacial score (nSPS) is 11.6. The number of hydrogen-bond acceptors (Lipinski definition) is 2.